The third-order valence-corrected chi connectivity index (χ3v) is 5.77. The number of rotatable bonds is 5. The van der Waals surface area contributed by atoms with Gasteiger partial charge in [0.15, 0.2) is 0 Å². The number of nitrogens with zero attached hydrogens (tertiary/aromatic N) is 3. The fourth-order valence-corrected chi connectivity index (χ4v) is 4.42. The first-order chi connectivity index (χ1) is 13.5. The van der Waals surface area contributed by atoms with Gasteiger partial charge in [-0.05, 0) is 61.4 Å². The minimum Gasteiger partial charge on any atom is -0.353 e. The highest BCUT2D eigenvalue weighted by atomic mass is 35.5. The van der Waals surface area contributed by atoms with E-state index in [1.165, 1.54) is 0 Å². The summed E-state index contributed by atoms with van der Waals surface area (Å²) in [6.45, 7) is 5.46. The molecular weight excluding hydrogens is 370 g/mol. The number of pyridine rings is 2. The number of hydrogen-bond donors (Lipinski definition) is 2. The highest BCUT2D eigenvalue weighted by Crippen LogP contribution is 2.34. The van der Waals surface area contributed by atoms with Crippen molar-refractivity contribution in [2.75, 3.05) is 11.4 Å². The fourth-order valence-electron chi connectivity index (χ4n) is 4.22. The van der Waals surface area contributed by atoms with E-state index in [0.717, 1.165) is 60.2 Å². The molecule has 3 aromatic heterocycles. The van der Waals surface area contributed by atoms with Gasteiger partial charge in [-0.25, -0.2) is 9.97 Å². The zero-order valence-corrected chi connectivity index (χ0v) is 17.3. The summed E-state index contributed by atoms with van der Waals surface area (Å²) in [6, 6.07) is 8.93. The van der Waals surface area contributed by atoms with Gasteiger partial charge in [0.1, 0.15) is 16.6 Å². The molecule has 3 heterocycles. The molecule has 148 valence electrons. The molecule has 5 nitrogen and oxygen atoms in total. The molecule has 3 N–H and O–H groups in total. The second-order valence-electron chi connectivity index (χ2n) is 8.25. The van der Waals surface area contributed by atoms with Crippen molar-refractivity contribution in [2.24, 2.45) is 11.7 Å². The maximum Gasteiger partial charge on any atom is 0.137 e. The van der Waals surface area contributed by atoms with Crippen LogP contribution in [0.1, 0.15) is 39.5 Å². The molecule has 1 fully saturated rings. The molecular formula is C22H28ClN5. The van der Waals surface area contributed by atoms with E-state index in [0.29, 0.717) is 23.2 Å². The van der Waals surface area contributed by atoms with Crippen molar-refractivity contribution in [1.29, 1.82) is 0 Å². The summed E-state index contributed by atoms with van der Waals surface area (Å²) in [6.07, 6.45) is 8.15. The number of anilines is 1. The van der Waals surface area contributed by atoms with Crippen LogP contribution in [0.3, 0.4) is 0 Å². The molecule has 0 aliphatic heterocycles. The van der Waals surface area contributed by atoms with Crippen molar-refractivity contribution in [3.8, 4) is 11.1 Å². The summed E-state index contributed by atoms with van der Waals surface area (Å²) >= 11 is 6.48. The zero-order chi connectivity index (χ0) is 19.7. The largest absolute Gasteiger partial charge is 0.353 e. The smallest absolute Gasteiger partial charge is 0.137 e. The van der Waals surface area contributed by atoms with Crippen molar-refractivity contribution in [2.45, 2.75) is 51.6 Å². The molecule has 0 radical (unpaired) electrons. The van der Waals surface area contributed by atoms with E-state index >= 15 is 0 Å². The Morgan fingerprint density at radius 2 is 2.04 bits per heavy atom. The van der Waals surface area contributed by atoms with E-state index in [1.54, 1.807) is 6.20 Å². The van der Waals surface area contributed by atoms with E-state index < -0.39 is 0 Å². The van der Waals surface area contributed by atoms with Crippen LogP contribution in [0.15, 0.2) is 36.7 Å². The number of aromatic nitrogens is 3. The monoisotopic (exact) mass is 397 g/mol. The molecule has 28 heavy (non-hydrogen) atoms. The lowest BCUT2D eigenvalue weighted by Crippen LogP contribution is -2.43. The first-order valence-electron chi connectivity index (χ1n) is 10.1. The molecule has 4 rings (SSSR count). The molecule has 0 unspecified atom stereocenters. The Labute approximate surface area is 171 Å². The van der Waals surface area contributed by atoms with Crippen molar-refractivity contribution < 1.29 is 0 Å². The summed E-state index contributed by atoms with van der Waals surface area (Å²) in [5.41, 5.74) is 9.19. The van der Waals surface area contributed by atoms with Gasteiger partial charge in [0.05, 0.1) is 0 Å². The summed E-state index contributed by atoms with van der Waals surface area (Å²) in [4.78, 5) is 14.8. The number of halogens is 1. The average Bonchev–Trinajstić information content (AvgIpc) is 3.10. The summed E-state index contributed by atoms with van der Waals surface area (Å²) in [5, 5.41) is 1.61. The lowest BCUT2D eigenvalue weighted by molar-refractivity contribution is 0.365. The van der Waals surface area contributed by atoms with Crippen LogP contribution in [0.4, 0.5) is 5.82 Å². The topological polar surface area (TPSA) is 70.8 Å². The van der Waals surface area contributed by atoms with Gasteiger partial charge in [-0.3, -0.25) is 0 Å². The fraction of sp³-hybridized carbons (Fsp3) is 0.455. The summed E-state index contributed by atoms with van der Waals surface area (Å²) in [7, 11) is 0. The predicted octanol–water partition coefficient (Wildman–Crippen LogP) is 5.01. The highest BCUT2D eigenvalue weighted by Gasteiger charge is 2.26. The van der Waals surface area contributed by atoms with Crippen LogP contribution in [0.2, 0.25) is 5.15 Å². The summed E-state index contributed by atoms with van der Waals surface area (Å²) in [5.74, 6) is 1.49. The Balaban J connectivity index is 1.73. The standard InChI is InChI=1S/C22H28ClN5/c1-14(2)13-28(17-7-5-16(24)6-8-17)21-11-15(10-20(23)27-21)19-12-26-22-18(19)4-3-9-25-22/h3-4,9-12,14,16-17H,5-8,13,24H2,1-2H3,(H,25,26). The van der Waals surface area contributed by atoms with E-state index in [9.17, 15) is 0 Å². The lowest BCUT2D eigenvalue weighted by Gasteiger charge is -2.38. The van der Waals surface area contributed by atoms with Gasteiger partial charge >= 0.3 is 0 Å². The molecule has 1 aliphatic carbocycles. The van der Waals surface area contributed by atoms with Crippen molar-refractivity contribution in [3.63, 3.8) is 0 Å². The van der Waals surface area contributed by atoms with Gasteiger partial charge in [0, 0.05) is 42.0 Å². The zero-order valence-electron chi connectivity index (χ0n) is 16.5. The normalized spacial score (nSPS) is 20.0. The van der Waals surface area contributed by atoms with Crippen LogP contribution < -0.4 is 10.6 Å². The molecule has 0 saturated heterocycles. The number of fused-ring (bicyclic) bond motifs is 1. The minimum atomic E-state index is 0.332. The summed E-state index contributed by atoms with van der Waals surface area (Å²) < 4.78 is 0. The Morgan fingerprint density at radius 3 is 2.79 bits per heavy atom. The quantitative estimate of drug-likeness (QED) is 0.593. The van der Waals surface area contributed by atoms with Crippen LogP contribution in [0.5, 0.6) is 0 Å². The van der Waals surface area contributed by atoms with Gasteiger partial charge in [-0.1, -0.05) is 25.4 Å². The van der Waals surface area contributed by atoms with Gasteiger partial charge in [0.2, 0.25) is 0 Å². The molecule has 0 aromatic carbocycles. The SMILES string of the molecule is CC(C)CN(c1cc(-c2c[nH]c3ncccc23)cc(Cl)n1)C1CCC(N)CC1. The maximum atomic E-state index is 6.48. The molecule has 0 spiro atoms. The van der Waals surface area contributed by atoms with Crippen molar-refractivity contribution in [3.05, 3.63) is 41.8 Å². The second-order valence-corrected chi connectivity index (χ2v) is 8.64. The lowest BCUT2D eigenvalue weighted by atomic mass is 9.90. The average molecular weight is 398 g/mol. The van der Waals surface area contributed by atoms with E-state index in [-0.39, 0.29) is 0 Å². The maximum absolute atomic E-state index is 6.48. The Morgan fingerprint density at radius 1 is 1.25 bits per heavy atom. The van der Waals surface area contributed by atoms with Crippen LogP contribution in [-0.4, -0.2) is 33.6 Å². The molecule has 3 aromatic rings. The molecule has 0 atom stereocenters. The molecule has 1 saturated carbocycles. The number of hydrogen-bond acceptors (Lipinski definition) is 4. The van der Waals surface area contributed by atoms with Crippen LogP contribution in [-0.2, 0) is 0 Å². The van der Waals surface area contributed by atoms with Crippen LogP contribution in [0, 0.1) is 5.92 Å². The number of aromatic amines is 1. The third kappa shape index (κ3) is 4.01. The van der Waals surface area contributed by atoms with Gasteiger partial charge in [-0.15, -0.1) is 0 Å². The van der Waals surface area contributed by atoms with E-state index in [2.05, 4.69) is 40.8 Å². The number of nitrogens with two attached hydrogens (primary N) is 1. The minimum absolute atomic E-state index is 0.332. The highest BCUT2D eigenvalue weighted by molar-refractivity contribution is 6.29. The van der Waals surface area contributed by atoms with Gasteiger partial charge in [0.25, 0.3) is 0 Å². The van der Waals surface area contributed by atoms with Crippen molar-refractivity contribution in [1.82, 2.24) is 15.0 Å². The first-order valence-corrected chi connectivity index (χ1v) is 10.5. The number of H-pyrrole nitrogens is 1. The Bertz CT molecular complexity index is 943. The number of nitrogens with one attached hydrogen (secondary N) is 1. The van der Waals surface area contributed by atoms with Gasteiger partial charge in [-0.2, -0.15) is 0 Å². The Hall–Kier alpha value is -2.11. The predicted molar refractivity (Wildman–Crippen MR) is 117 cm³/mol. The van der Waals surface area contributed by atoms with Crippen LogP contribution in [0.25, 0.3) is 22.2 Å². The van der Waals surface area contributed by atoms with Crippen LogP contribution >= 0.6 is 11.6 Å². The van der Waals surface area contributed by atoms with Gasteiger partial charge < -0.3 is 15.6 Å². The molecule has 0 amide bonds. The molecule has 0 bridgehead atoms. The molecule has 6 heteroatoms. The third-order valence-electron chi connectivity index (χ3n) is 5.58. The first kappa shape index (κ1) is 19.2. The molecule has 1 aliphatic rings. The second kappa shape index (κ2) is 8.10. The Kier molecular flexibility index (Phi) is 5.56. The van der Waals surface area contributed by atoms with E-state index in [4.69, 9.17) is 22.3 Å². The van der Waals surface area contributed by atoms with Crippen molar-refractivity contribution >= 4 is 28.5 Å². The van der Waals surface area contributed by atoms with E-state index in [1.807, 2.05) is 18.3 Å².